The van der Waals surface area contributed by atoms with E-state index in [2.05, 4.69) is 12.1 Å². The monoisotopic (exact) mass is 177 g/mol. The van der Waals surface area contributed by atoms with Crippen LogP contribution in [-0.2, 0) is 0 Å². The molecular weight excluding hydrogens is 158 g/mol. The van der Waals surface area contributed by atoms with Crippen molar-refractivity contribution < 1.29 is 0 Å². The standard InChI is InChI=1S/C12H19N/c13-11-10-12-8-6-4-2-1-3-5-7-9-12/h8H,1-7,9-10H2/b12-8+. The van der Waals surface area contributed by atoms with Crippen LogP contribution in [0.3, 0.4) is 0 Å². The Hall–Kier alpha value is -0.770. The Morgan fingerprint density at radius 3 is 2.54 bits per heavy atom. The highest BCUT2D eigenvalue weighted by atomic mass is 14.2. The van der Waals surface area contributed by atoms with Gasteiger partial charge in [0.15, 0.2) is 0 Å². The van der Waals surface area contributed by atoms with Gasteiger partial charge >= 0.3 is 0 Å². The predicted molar refractivity (Wildman–Crippen MR) is 55.2 cm³/mol. The second-order valence-corrected chi connectivity index (χ2v) is 3.86. The summed E-state index contributed by atoms with van der Waals surface area (Å²) in [5.41, 5.74) is 1.38. The van der Waals surface area contributed by atoms with Crippen LogP contribution in [0.1, 0.15) is 57.8 Å². The first kappa shape index (κ1) is 10.3. The lowest BCUT2D eigenvalue weighted by atomic mass is 9.99. The highest BCUT2D eigenvalue weighted by molar-refractivity contribution is 5.07. The molecule has 0 aromatic rings. The van der Waals surface area contributed by atoms with Crippen LogP contribution in [0.25, 0.3) is 0 Å². The lowest BCUT2D eigenvalue weighted by Gasteiger charge is -2.07. The van der Waals surface area contributed by atoms with Gasteiger partial charge in [0.1, 0.15) is 0 Å². The topological polar surface area (TPSA) is 23.8 Å². The van der Waals surface area contributed by atoms with Crippen molar-refractivity contribution in [2.75, 3.05) is 0 Å². The van der Waals surface area contributed by atoms with Gasteiger partial charge in [-0.1, -0.05) is 37.3 Å². The lowest BCUT2D eigenvalue weighted by molar-refractivity contribution is 0.583. The first-order valence-corrected chi connectivity index (χ1v) is 5.48. The molecule has 1 aliphatic rings. The third kappa shape index (κ3) is 4.72. The highest BCUT2D eigenvalue weighted by Gasteiger charge is 1.99. The number of rotatable bonds is 1. The molecule has 13 heavy (non-hydrogen) atoms. The summed E-state index contributed by atoms with van der Waals surface area (Å²) in [6.45, 7) is 0. The van der Waals surface area contributed by atoms with E-state index in [-0.39, 0.29) is 0 Å². The molecule has 0 aromatic heterocycles. The summed E-state index contributed by atoms with van der Waals surface area (Å²) in [5.74, 6) is 0. The molecule has 1 heteroatoms. The zero-order chi connectivity index (χ0) is 9.36. The van der Waals surface area contributed by atoms with Gasteiger partial charge in [-0.25, -0.2) is 0 Å². The molecule has 0 saturated heterocycles. The Bertz CT molecular complexity index is 198. The summed E-state index contributed by atoms with van der Waals surface area (Å²) in [6.07, 6.45) is 13.4. The minimum atomic E-state index is 0.653. The van der Waals surface area contributed by atoms with Crippen molar-refractivity contribution in [3.63, 3.8) is 0 Å². The summed E-state index contributed by atoms with van der Waals surface area (Å²) in [4.78, 5) is 0. The molecule has 1 nitrogen and oxygen atoms in total. The summed E-state index contributed by atoms with van der Waals surface area (Å²) < 4.78 is 0. The normalized spacial score (nSPS) is 24.1. The van der Waals surface area contributed by atoms with Gasteiger partial charge in [-0.05, 0) is 25.7 Å². The second kappa shape index (κ2) is 6.71. The summed E-state index contributed by atoms with van der Waals surface area (Å²) in [5, 5.41) is 8.62. The minimum Gasteiger partial charge on any atom is -0.198 e. The van der Waals surface area contributed by atoms with Crippen molar-refractivity contribution in [3.8, 4) is 6.07 Å². The Labute approximate surface area is 81.5 Å². The molecule has 0 aliphatic heterocycles. The van der Waals surface area contributed by atoms with Gasteiger partial charge in [0.2, 0.25) is 0 Å². The van der Waals surface area contributed by atoms with E-state index in [4.69, 9.17) is 5.26 Å². The molecule has 0 unspecified atom stereocenters. The van der Waals surface area contributed by atoms with E-state index in [1.807, 2.05) is 0 Å². The molecule has 0 saturated carbocycles. The molecule has 0 N–H and O–H groups in total. The fourth-order valence-corrected chi connectivity index (χ4v) is 1.87. The van der Waals surface area contributed by atoms with Crippen molar-refractivity contribution >= 4 is 0 Å². The highest BCUT2D eigenvalue weighted by Crippen LogP contribution is 2.18. The van der Waals surface area contributed by atoms with E-state index in [0.29, 0.717) is 6.42 Å². The van der Waals surface area contributed by atoms with Crippen LogP contribution >= 0.6 is 0 Å². The number of nitriles is 1. The van der Waals surface area contributed by atoms with Crippen LogP contribution in [0.5, 0.6) is 0 Å². The van der Waals surface area contributed by atoms with Crippen molar-refractivity contribution in [2.45, 2.75) is 57.8 Å². The Morgan fingerprint density at radius 2 is 1.77 bits per heavy atom. The summed E-state index contributed by atoms with van der Waals surface area (Å²) in [7, 11) is 0. The molecule has 0 amide bonds. The average molecular weight is 177 g/mol. The fourth-order valence-electron chi connectivity index (χ4n) is 1.87. The van der Waals surface area contributed by atoms with Gasteiger partial charge in [-0.2, -0.15) is 5.26 Å². The quantitative estimate of drug-likeness (QED) is 0.556. The minimum absolute atomic E-state index is 0.653. The van der Waals surface area contributed by atoms with Gasteiger partial charge in [-0.15, -0.1) is 0 Å². The van der Waals surface area contributed by atoms with E-state index in [1.54, 1.807) is 0 Å². The van der Waals surface area contributed by atoms with E-state index < -0.39 is 0 Å². The van der Waals surface area contributed by atoms with Crippen molar-refractivity contribution in [2.24, 2.45) is 0 Å². The third-order valence-electron chi connectivity index (χ3n) is 2.69. The molecule has 0 bridgehead atoms. The van der Waals surface area contributed by atoms with Crippen molar-refractivity contribution in [1.29, 1.82) is 5.26 Å². The molecular formula is C12H19N. The number of hydrogen-bond donors (Lipinski definition) is 0. The molecule has 0 aromatic carbocycles. The molecule has 0 heterocycles. The van der Waals surface area contributed by atoms with Gasteiger partial charge < -0.3 is 0 Å². The van der Waals surface area contributed by atoms with Crippen LogP contribution in [0.4, 0.5) is 0 Å². The van der Waals surface area contributed by atoms with Gasteiger partial charge in [0.05, 0.1) is 12.5 Å². The molecule has 72 valence electrons. The van der Waals surface area contributed by atoms with Crippen LogP contribution in [0.15, 0.2) is 11.6 Å². The summed E-state index contributed by atoms with van der Waals surface area (Å²) >= 11 is 0. The number of allylic oxidation sites excluding steroid dienone is 2. The van der Waals surface area contributed by atoms with Crippen LogP contribution < -0.4 is 0 Å². The predicted octanol–water partition coefficient (Wildman–Crippen LogP) is 3.96. The molecule has 1 aliphatic carbocycles. The van der Waals surface area contributed by atoms with Crippen molar-refractivity contribution in [1.82, 2.24) is 0 Å². The van der Waals surface area contributed by atoms with E-state index >= 15 is 0 Å². The average Bonchev–Trinajstić information content (AvgIpc) is 2.16. The second-order valence-electron chi connectivity index (χ2n) is 3.86. The Morgan fingerprint density at radius 1 is 1.08 bits per heavy atom. The smallest absolute Gasteiger partial charge is 0.0666 e. The Balaban J connectivity index is 2.38. The van der Waals surface area contributed by atoms with E-state index in [9.17, 15) is 0 Å². The van der Waals surface area contributed by atoms with Gasteiger partial charge in [0, 0.05) is 0 Å². The third-order valence-corrected chi connectivity index (χ3v) is 2.69. The van der Waals surface area contributed by atoms with Gasteiger partial charge in [0.25, 0.3) is 0 Å². The van der Waals surface area contributed by atoms with Crippen LogP contribution in [-0.4, -0.2) is 0 Å². The van der Waals surface area contributed by atoms with Gasteiger partial charge in [-0.3, -0.25) is 0 Å². The molecule has 0 fully saturated rings. The molecule has 0 radical (unpaired) electrons. The van der Waals surface area contributed by atoms with Crippen LogP contribution in [0, 0.1) is 11.3 Å². The molecule has 0 atom stereocenters. The first-order valence-electron chi connectivity index (χ1n) is 5.48. The zero-order valence-electron chi connectivity index (χ0n) is 8.39. The Kier molecular flexibility index (Phi) is 5.33. The number of hydrogen-bond acceptors (Lipinski definition) is 1. The summed E-state index contributed by atoms with van der Waals surface area (Å²) in [6, 6.07) is 2.25. The maximum Gasteiger partial charge on any atom is 0.0666 e. The van der Waals surface area contributed by atoms with E-state index in [1.165, 1.54) is 50.5 Å². The lowest BCUT2D eigenvalue weighted by Crippen LogP contribution is -1.88. The zero-order valence-corrected chi connectivity index (χ0v) is 8.39. The maximum absolute atomic E-state index is 8.62. The SMILES string of the molecule is N#CC/C1=C/CCCCCCCC1. The maximum atomic E-state index is 8.62. The largest absolute Gasteiger partial charge is 0.198 e. The van der Waals surface area contributed by atoms with Crippen molar-refractivity contribution in [3.05, 3.63) is 11.6 Å². The molecule has 0 spiro atoms. The van der Waals surface area contributed by atoms with E-state index in [0.717, 1.165) is 6.42 Å². The number of nitrogens with zero attached hydrogens (tertiary/aromatic N) is 1. The molecule has 1 rings (SSSR count). The van der Waals surface area contributed by atoms with Crippen LogP contribution in [0.2, 0.25) is 0 Å². The first-order chi connectivity index (χ1) is 6.43. The fraction of sp³-hybridized carbons (Fsp3) is 0.750.